The molecule has 0 radical (unpaired) electrons. The smallest absolute Gasteiger partial charge is 0.189 e. The van der Waals surface area contributed by atoms with Crippen LogP contribution in [0, 0.1) is 0 Å². The van der Waals surface area contributed by atoms with E-state index in [0.717, 1.165) is 41.9 Å². The van der Waals surface area contributed by atoms with Crippen LogP contribution in [-0.2, 0) is 19.6 Å². The molecule has 4 aromatic rings. The number of para-hydroxylation sites is 2. The van der Waals surface area contributed by atoms with Crippen molar-refractivity contribution in [1.29, 1.82) is 0 Å². The molecule has 0 aliphatic carbocycles. The third kappa shape index (κ3) is 3.32. The molecule has 3 aromatic heterocycles. The van der Waals surface area contributed by atoms with Gasteiger partial charge in [0.2, 0.25) is 0 Å². The van der Waals surface area contributed by atoms with Crippen molar-refractivity contribution in [2.45, 2.75) is 32.9 Å². The topological polar surface area (TPSA) is 64.8 Å². The standard InChI is InChI=1S/C21H23N5O2S/c1-3-9-25-10-8-14-17(11-25)29-21-19(14)20-23-18(24-26(20)13-22-21)12-28-16-7-5-4-6-15(16)27-2/h4-7,13H,3,8-12H2,1-2H3. The van der Waals surface area contributed by atoms with Crippen LogP contribution in [0.2, 0.25) is 0 Å². The molecule has 0 amide bonds. The van der Waals surface area contributed by atoms with Crippen molar-refractivity contribution in [1.82, 2.24) is 24.5 Å². The number of nitrogens with zero attached hydrogens (tertiary/aromatic N) is 5. The lowest BCUT2D eigenvalue weighted by Crippen LogP contribution is -2.30. The Morgan fingerprint density at radius 1 is 1.21 bits per heavy atom. The van der Waals surface area contributed by atoms with Gasteiger partial charge < -0.3 is 9.47 Å². The average molecular weight is 410 g/mol. The molecule has 0 unspecified atom stereocenters. The van der Waals surface area contributed by atoms with E-state index in [1.165, 1.54) is 16.9 Å². The van der Waals surface area contributed by atoms with Crippen LogP contribution in [0.1, 0.15) is 29.6 Å². The van der Waals surface area contributed by atoms with Gasteiger partial charge in [0.1, 0.15) is 17.8 Å². The molecule has 1 aliphatic rings. The summed E-state index contributed by atoms with van der Waals surface area (Å²) in [5.41, 5.74) is 2.26. The Kier molecular flexibility index (Phi) is 4.81. The quantitative estimate of drug-likeness (QED) is 0.484. The molecular formula is C21H23N5O2S. The fourth-order valence-electron chi connectivity index (χ4n) is 3.94. The monoisotopic (exact) mass is 409 g/mol. The normalized spacial score (nSPS) is 14.4. The van der Waals surface area contributed by atoms with E-state index < -0.39 is 0 Å². The van der Waals surface area contributed by atoms with E-state index in [1.807, 2.05) is 24.3 Å². The molecule has 0 atom stereocenters. The zero-order valence-corrected chi connectivity index (χ0v) is 17.4. The number of ether oxygens (including phenoxy) is 2. The summed E-state index contributed by atoms with van der Waals surface area (Å²) in [4.78, 5) is 14.4. The van der Waals surface area contributed by atoms with Gasteiger partial charge in [0.05, 0.1) is 12.5 Å². The number of hydrogen-bond acceptors (Lipinski definition) is 7. The van der Waals surface area contributed by atoms with E-state index in [0.29, 0.717) is 17.3 Å². The third-order valence-electron chi connectivity index (χ3n) is 5.27. The summed E-state index contributed by atoms with van der Waals surface area (Å²) in [6, 6.07) is 7.59. The molecule has 0 N–H and O–H groups in total. The molecule has 4 heterocycles. The highest BCUT2D eigenvalue weighted by molar-refractivity contribution is 7.19. The van der Waals surface area contributed by atoms with Gasteiger partial charge in [0, 0.05) is 18.0 Å². The maximum Gasteiger partial charge on any atom is 0.189 e. The number of hydrogen-bond donors (Lipinski definition) is 0. The van der Waals surface area contributed by atoms with Crippen LogP contribution in [-0.4, -0.2) is 44.7 Å². The molecule has 0 saturated heterocycles. The van der Waals surface area contributed by atoms with Crippen molar-refractivity contribution in [3.05, 3.63) is 46.9 Å². The van der Waals surface area contributed by atoms with Crippen LogP contribution in [0.4, 0.5) is 0 Å². The van der Waals surface area contributed by atoms with Crippen molar-refractivity contribution in [3.8, 4) is 11.5 Å². The van der Waals surface area contributed by atoms with E-state index in [-0.39, 0.29) is 6.61 Å². The summed E-state index contributed by atoms with van der Waals surface area (Å²) in [7, 11) is 1.63. The molecule has 8 heteroatoms. The third-order valence-corrected chi connectivity index (χ3v) is 6.39. The predicted octanol–water partition coefficient (Wildman–Crippen LogP) is 3.69. The Morgan fingerprint density at radius 2 is 2.07 bits per heavy atom. The largest absolute Gasteiger partial charge is 0.493 e. The van der Waals surface area contributed by atoms with Gasteiger partial charge in [-0.3, -0.25) is 4.90 Å². The number of benzene rings is 1. The van der Waals surface area contributed by atoms with E-state index in [9.17, 15) is 0 Å². The van der Waals surface area contributed by atoms with Crippen LogP contribution >= 0.6 is 11.3 Å². The summed E-state index contributed by atoms with van der Waals surface area (Å²) in [5, 5.41) is 5.73. The van der Waals surface area contributed by atoms with E-state index in [1.54, 1.807) is 29.3 Å². The maximum atomic E-state index is 5.90. The van der Waals surface area contributed by atoms with Gasteiger partial charge in [-0.15, -0.1) is 16.4 Å². The highest BCUT2D eigenvalue weighted by Crippen LogP contribution is 2.36. The number of fused-ring (bicyclic) bond motifs is 5. The molecule has 150 valence electrons. The summed E-state index contributed by atoms with van der Waals surface area (Å²) < 4.78 is 13.0. The average Bonchev–Trinajstić information content (AvgIpc) is 3.32. The fourth-order valence-corrected chi connectivity index (χ4v) is 5.16. The van der Waals surface area contributed by atoms with Gasteiger partial charge in [0.25, 0.3) is 0 Å². The molecule has 0 bridgehead atoms. The molecule has 0 spiro atoms. The second kappa shape index (κ2) is 7.61. The van der Waals surface area contributed by atoms with Crippen LogP contribution in [0.3, 0.4) is 0 Å². The minimum atomic E-state index is 0.278. The van der Waals surface area contributed by atoms with Gasteiger partial charge in [-0.05, 0) is 37.1 Å². The van der Waals surface area contributed by atoms with Crippen molar-refractivity contribution in [2.24, 2.45) is 0 Å². The van der Waals surface area contributed by atoms with Gasteiger partial charge in [-0.2, -0.15) is 0 Å². The summed E-state index contributed by atoms with van der Waals surface area (Å²) in [5.74, 6) is 2.01. The predicted molar refractivity (Wildman–Crippen MR) is 113 cm³/mol. The van der Waals surface area contributed by atoms with Crippen LogP contribution in [0.5, 0.6) is 11.5 Å². The van der Waals surface area contributed by atoms with Crippen molar-refractivity contribution >= 4 is 27.2 Å². The second-order valence-electron chi connectivity index (χ2n) is 7.19. The lowest BCUT2D eigenvalue weighted by molar-refractivity contribution is 0.258. The Morgan fingerprint density at radius 3 is 2.90 bits per heavy atom. The molecule has 0 saturated carbocycles. The summed E-state index contributed by atoms with van der Waals surface area (Å²) in [6.07, 6.45) is 3.97. The van der Waals surface area contributed by atoms with Gasteiger partial charge in [-0.1, -0.05) is 19.1 Å². The Balaban J connectivity index is 1.46. The molecule has 0 fully saturated rings. The minimum absolute atomic E-state index is 0.278. The van der Waals surface area contributed by atoms with E-state index in [2.05, 4.69) is 21.9 Å². The Labute approximate surface area is 172 Å². The van der Waals surface area contributed by atoms with Crippen LogP contribution in [0.15, 0.2) is 30.6 Å². The Hall–Kier alpha value is -2.71. The molecule has 29 heavy (non-hydrogen) atoms. The first kappa shape index (κ1) is 18.3. The van der Waals surface area contributed by atoms with Gasteiger partial charge in [-0.25, -0.2) is 14.5 Å². The fraction of sp³-hybridized carbons (Fsp3) is 0.381. The van der Waals surface area contributed by atoms with Crippen molar-refractivity contribution in [3.63, 3.8) is 0 Å². The van der Waals surface area contributed by atoms with Crippen LogP contribution < -0.4 is 9.47 Å². The lowest BCUT2D eigenvalue weighted by atomic mass is 10.1. The number of rotatable bonds is 6. The summed E-state index contributed by atoms with van der Waals surface area (Å²) in [6.45, 7) is 5.75. The summed E-state index contributed by atoms with van der Waals surface area (Å²) >= 11 is 1.79. The second-order valence-corrected chi connectivity index (χ2v) is 8.27. The first-order chi connectivity index (χ1) is 14.3. The van der Waals surface area contributed by atoms with Crippen LogP contribution in [0.25, 0.3) is 15.9 Å². The molecular weight excluding hydrogens is 386 g/mol. The first-order valence-electron chi connectivity index (χ1n) is 9.89. The van der Waals surface area contributed by atoms with Crippen molar-refractivity contribution in [2.75, 3.05) is 20.2 Å². The lowest BCUT2D eigenvalue weighted by Gasteiger charge is -2.26. The number of thiophene rings is 1. The molecule has 1 aromatic carbocycles. The zero-order valence-electron chi connectivity index (χ0n) is 16.6. The minimum Gasteiger partial charge on any atom is -0.493 e. The highest BCUT2D eigenvalue weighted by Gasteiger charge is 2.24. The first-order valence-corrected chi connectivity index (χ1v) is 10.7. The van der Waals surface area contributed by atoms with Gasteiger partial charge >= 0.3 is 0 Å². The Bertz CT molecular complexity index is 1170. The molecule has 1 aliphatic heterocycles. The highest BCUT2D eigenvalue weighted by atomic mass is 32.1. The van der Waals surface area contributed by atoms with E-state index >= 15 is 0 Å². The molecule has 5 rings (SSSR count). The zero-order chi connectivity index (χ0) is 19.8. The molecule has 7 nitrogen and oxygen atoms in total. The van der Waals surface area contributed by atoms with E-state index in [4.69, 9.17) is 14.5 Å². The van der Waals surface area contributed by atoms with Gasteiger partial charge in [0.15, 0.2) is 23.0 Å². The SMILES string of the molecule is CCCN1CCc2c(sc3ncn4nc(COc5ccccc5OC)nc4c23)C1. The van der Waals surface area contributed by atoms with Crippen molar-refractivity contribution < 1.29 is 9.47 Å². The maximum absolute atomic E-state index is 5.90. The number of methoxy groups -OCH3 is 1. The number of aromatic nitrogens is 4.